The Labute approximate surface area is 120 Å². The number of H-pyrrole nitrogens is 1. The summed E-state index contributed by atoms with van der Waals surface area (Å²) in [5, 5.41) is 5.48. The molecule has 0 aliphatic rings. The Hall–Kier alpha value is -1.71. The highest BCUT2D eigenvalue weighted by molar-refractivity contribution is 6.43. The normalized spacial score (nSPS) is 10.8. The predicted molar refractivity (Wildman–Crippen MR) is 79.9 cm³/mol. The lowest BCUT2D eigenvalue weighted by molar-refractivity contribution is 1.16. The molecule has 96 valence electrons. The van der Waals surface area contributed by atoms with Crippen molar-refractivity contribution >= 4 is 39.9 Å². The maximum atomic E-state index is 6.14. The van der Waals surface area contributed by atoms with E-state index in [2.05, 4.69) is 15.3 Å². The number of fused-ring (bicyclic) bond motifs is 1. The first-order chi connectivity index (χ1) is 9.25. The van der Waals surface area contributed by atoms with Crippen LogP contribution >= 0.6 is 23.2 Å². The van der Waals surface area contributed by atoms with Gasteiger partial charge < -0.3 is 10.3 Å². The third kappa shape index (κ3) is 2.39. The largest absolute Gasteiger partial charge is 0.380 e. The number of anilines is 1. The van der Waals surface area contributed by atoms with E-state index in [4.69, 9.17) is 23.2 Å². The second-order valence-electron chi connectivity index (χ2n) is 4.17. The predicted octanol–water partition coefficient (Wildman–Crippen LogP) is 4.48. The molecule has 0 amide bonds. The number of pyridine rings is 1. The first kappa shape index (κ1) is 12.3. The van der Waals surface area contributed by atoms with Gasteiger partial charge in [-0.3, -0.25) is 0 Å². The zero-order valence-corrected chi connectivity index (χ0v) is 11.5. The van der Waals surface area contributed by atoms with Crippen LogP contribution in [0.1, 0.15) is 5.56 Å². The van der Waals surface area contributed by atoms with E-state index in [1.54, 1.807) is 12.3 Å². The van der Waals surface area contributed by atoms with Crippen LogP contribution < -0.4 is 5.32 Å². The summed E-state index contributed by atoms with van der Waals surface area (Å²) in [6.45, 7) is 0.658. The van der Waals surface area contributed by atoms with Gasteiger partial charge in [0.15, 0.2) is 0 Å². The molecule has 3 nitrogen and oxygen atoms in total. The van der Waals surface area contributed by atoms with Gasteiger partial charge in [-0.15, -0.1) is 0 Å². The highest BCUT2D eigenvalue weighted by Crippen LogP contribution is 2.30. The molecule has 2 N–H and O–H groups in total. The number of aromatic amines is 1. The Morgan fingerprint density at radius 1 is 1.16 bits per heavy atom. The number of nitrogens with one attached hydrogen (secondary N) is 2. The van der Waals surface area contributed by atoms with Gasteiger partial charge in [0.25, 0.3) is 0 Å². The number of hydrogen-bond donors (Lipinski definition) is 2. The van der Waals surface area contributed by atoms with Crippen LogP contribution in [-0.4, -0.2) is 9.97 Å². The molecule has 19 heavy (non-hydrogen) atoms. The molecule has 1 aromatic carbocycles. The van der Waals surface area contributed by atoms with E-state index in [-0.39, 0.29) is 0 Å². The number of halogens is 2. The third-order valence-electron chi connectivity index (χ3n) is 2.96. The molecule has 0 bridgehead atoms. The van der Waals surface area contributed by atoms with E-state index >= 15 is 0 Å². The van der Waals surface area contributed by atoms with Crippen LogP contribution in [0.3, 0.4) is 0 Å². The number of aromatic nitrogens is 2. The fourth-order valence-corrected chi connectivity index (χ4v) is 2.36. The standard InChI is InChI=1S/C14H11Cl2N3/c15-11-4-1-5-12(13(11)16)18-7-9-8-19-14-10(9)3-2-6-17-14/h1-6,8,18H,7H2,(H,17,19). The molecule has 0 aliphatic carbocycles. The molecule has 0 atom stereocenters. The molecule has 0 fully saturated rings. The second kappa shape index (κ2) is 5.11. The number of nitrogens with zero attached hydrogens (tertiary/aromatic N) is 1. The summed E-state index contributed by atoms with van der Waals surface area (Å²) in [7, 11) is 0. The lowest BCUT2D eigenvalue weighted by atomic mass is 10.2. The van der Waals surface area contributed by atoms with E-state index in [0.717, 1.165) is 22.3 Å². The molecule has 3 rings (SSSR count). The zero-order chi connectivity index (χ0) is 13.2. The van der Waals surface area contributed by atoms with Gasteiger partial charge in [0.2, 0.25) is 0 Å². The third-order valence-corrected chi connectivity index (χ3v) is 3.78. The first-order valence-electron chi connectivity index (χ1n) is 5.84. The Morgan fingerprint density at radius 3 is 2.95 bits per heavy atom. The fourth-order valence-electron chi connectivity index (χ4n) is 1.99. The van der Waals surface area contributed by atoms with Gasteiger partial charge in [0.05, 0.1) is 15.7 Å². The Bertz CT molecular complexity index is 722. The summed E-state index contributed by atoms with van der Waals surface area (Å²) in [4.78, 5) is 7.40. The van der Waals surface area contributed by atoms with Gasteiger partial charge >= 0.3 is 0 Å². The van der Waals surface area contributed by atoms with Crippen molar-refractivity contribution in [2.45, 2.75) is 6.54 Å². The van der Waals surface area contributed by atoms with E-state index < -0.39 is 0 Å². The number of benzene rings is 1. The van der Waals surface area contributed by atoms with E-state index in [1.807, 2.05) is 30.5 Å². The SMILES string of the molecule is Clc1cccc(NCc2c[nH]c3ncccc23)c1Cl. The maximum absolute atomic E-state index is 6.14. The van der Waals surface area contributed by atoms with Crippen LogP contribution in [0.2, 0.25) is 10.0 Å². The van der Waals surface area contributed by atoms with Gasteiger partial charge in [-0.25, -0.2) is 4.98 Å². The van der Waals surface area contributed by atoms with Crippen LogP contribution in [0.5, 0.6) is 0 Å². The molecule has 2 aromatic heterocycles. The van der Waals surface area contributed by atoms with Crippen molar-refractivity contribution in [3.63, 3.8) is 0 Å². The molecular formula is C14H11Cl2N3. The van der Waals surface area contributed by atoms with Gasteiger partial charge in [0, 0.05) is 24.3 Å². The minimum Gasteiger partial charge on any atom is -0.380 e. The molecule has 2 heterocycles. The van der Waals surface area contributed by atoms with Crippen LogP contribution in [0, 0.1) is 0 Å². The van der Waals surface area contributed by atoms with Crippen molar-refractivity contribution in [1.29, 1.82) is 0 Å². The molecule has 0 saturated carbocycles. The average Bonchev–Trinajstić information content (AvgIpc) is 2.84. The van der Waals surface area contributed by atoms with E-state index in [9.17, 15) is 0 Å². The van der Waals surface area contributed by atoms with Crippen molar-refractivity contribution in [3.05, 3.63) is 58.3 Å². The van der Waals surface area contributed by atoms with Crippen molar-refractivity contribution < 1.29 is 0 Å². The smallest absolute Gasteiger partial charge is 0.137 e. The molecule has 0 unspecified atom stereocenters. The molecule has 0 aliphatic heterocycles. The summed E-state index contributed by atoms with van der Waals surface area (Å²) >= 11 is 12.1. The van der Waals surface area contributed by atoms with Crippen molar-refractivity contribution in [2.24, 2.45) is 0 Å². The van der Waals surface area contributed by atoms with Gasteiger partial charge in [-0.05, 0) is 29.8 Å². The van der Waals surface area contributed by atoms with Crippen molar-refractivity contribution in [2.75, 3.05) is 5.32 Å². The van der Waals surface area contributed by atoms with Gasteiger partial charge in [0.1, 0.15) is 5.65 Å². The first-order valence-corrected chi connectivity index (χ1v) is 6.60. The van der Waals surface area contributed by atoms with E-state index in [0.29, 0.717) is 16.6 Å². The molecule has 5 heteroatoms. The summed E-state index contributed by atoms with van der Waals surface area (Å²) in [5.74, 6) is 0. The Kier molecular flexibility index (Phi) is 3.32. The number of rotatable bonds is 3. The van der Waals surface area contributed by atoms with Crippen LogP contribution in [-0.2, 0) is 6.54 Å². The second-order valence-corrected chi connectivity index (χ2v) is 4.95. The quantitative estimate of drug-likeness (QED) is 0.747. The minimum atomic E-state index is 0.544. The highest BCUT2D eigenvalue weighted by Gasteiger charge is 2.06. The maximum Gasteiger partial charge on any atom is 0.137 e. The average molecular weight is 292 g/mol. The van der Waals surface area contributed by atoms with Crippen LogP contribution in [0.15, 0.2) is 42.7 Å². The molecule has 0 saturated heterocycles. The molecular weight excluding hydrogens is 281 g/mol. The molecule has 0 spiro atoms. The van der Waals surface area contributed by atoms with Crippen molar-refractivity contribution in [3.8, 4) is 0 Å². The molecule has 0 radical (unpaired) electrons. The number of hydrogen-bond acceptors (Lipinski definition) is 2. The van der Waals surface area contributed by atoms with Crippen LogP contribution in [0.4, 0.5) is 5.69 Å². The zero-order valence-electron chi connectivity index (χ0n) is 9.95. The highest BCUT2D eigenvalue weighted by atomic mass is 35.5. The van der Waals surface area contributed by atoms with Crippen molar-refractivity contribution in [1.82, 2.24) is 9.97 Å². The lowest BCUT2D eigenvalue weighted by Crippen LogP contribution is -1.99. The lowest BCUT2D eigenvalue weighted by Gasteiger charge is -2.08. The molecule has 3 aromatic rings. The van der Waals surface area contributed by atoms with Gasteiger partial charge in [-0.1, -0.05) is 29.3 Å². The Morgan fingerprint density at radius 2 is 2.05 bits per heavy atom. The summed E-state index contributed by atoms with van der Waals surface area (Å²) in [5.41, 5.74) is 2.85. The summed E-state index contributed by atoms with van der Waals surface area (Å²) in [6, 6.07) is 9.50. The summed E-state index contributed by atoms with van der Waals surface area (Å²) in [6.07, 6.45) is 3.72. The monoisotopic (exact) mass is 291 g/mol. The van der Waals surface area contributed by atoms with Crippen LogP contribution in [0.25, 0.3) is 11.0 Å². The van der Waals surface area contributed by atoms with E-state index in [1.165, 1.54) is 0 Å². The fraction of sp³-hybridized carbons (Fsp3) is 0.0714. The Balaban J connectivity index is 1.84. The van der Waals surface area contributed by atoms with Gasteiger partial charge in [-0.2, -0.15) is 0 Å². The minimum absolute atomic E-state index is 0.544. The summed E-state index contributed by atoms with van der Waals surface area (Å²) < 4.78 is 0. The topological polar surface area (TPSA) is 40.7 Å².